The van der Waals surface area contributed by atoms with Gasteiger partial charge in [0, 0.05) is 30.6 Å². The third-order valence-corrected chi connectivity index (χ3v) is 6.40. The molecular weight excluding hydrogens is 454 g/mol. The van der Waals surface area contributed by atoms with Gasteiger partial charge in [-0.15, -0.1) is 0 Å². The number of amides is 2. The van der Waals surface area contributed by atoms with Gasteiger partial charge in [0.25, 0.3) is 5.69 Å². The number of nitrogens with zero attached hydrogens (tertiary/aromatic N) is 2. The van der Waals surface area contributed by atoms with Gasteiger partial charge in [0.2, 0.25) is 11.8 Å². The smallest absolute Gasteiger partial charge is 0.273 e. The van der Waals surface area contributed by atoms with Gasteiger partial charge in [0.1, 0.15) is 6.04 Å². The van der Waals surface area contributed by atoms with Crippen molar-refractivity contribution in [1.82, 2.24) is 10.2 Å². The number of carbonyl (C=O) groups excluding carboxylic acids is 2. The summed E-state index contributed by atoms with van der Waals surface area (Å²) in [5, 5.41) is 14.6. The predicted octanol–water partition coefficient (Wildman–Crippen LogP) is 5.00. The molecule has 0 saturated heterocycles. The molecule has 0 aliphatic heterocycles. The number of nitrogens with one attached hydrogen (secondary N) is 1. The Labute approximate surface area is 212 Å². The summed E-state index contributed by atoms with van der Waals surface area (Å²) in [6.07, 6.45) is 0.911. The SMILES string of the molecule is CC[C@H](C)NC(=O)[C@H](Cc1ccccc1)N(Cc1ccccc1C)C(=O)Cc1ccccc1[N+](=O)[O-]. The lowest BCUT2D eigenvalue weighted by atomic mass is 10.00. The van der Waals surface area contributed by atoms with E-state index < -0.39 is 11.0 Å². The fraction of sp³-hybridized carbons (Fsp3) is 0.310. The average Bonchev–Trinajstić information content (AvgIpc) is 2.87. The first-order chi connectivity index (χ1) is 17.3. The van der Waals surface area contributed by atoms with Crippen molar-refractivity contribution >= 4 is 17.5 Å². The molecule has 0 bridgehead atoms. The van der Waals surface area contributed by atoms with Crippen LogP contribution >= 0.6 is 0 Å². The molecular formula is C29H33N3O4. The topological polar surface area (TPSA) is 92.6 Å². The second-order valence-electron chi connectivity index (χ2n) is 9.03. The maximum atomic E-state index is 13.8. The highest BCUT2D eigenvalue weighted by Crippen LogP contribution is 2.22. The highest BCUT2D eigenvalue weighted by molar-refractivity contribution is 5.89. The first-order valence-electron chi connectivity index (χ1n) is 12.2. The van der Waals surface area contributed by atoms with Crippen LogP contribution in [0.25, 0.3) is 0 Å². The minimum absolute atomic E-state index is 0.0543. The molecule has 3 aromatic carbocycles. The molecule has 0 saturated carbocycles. The van der Waals surface area contributed by atoms with Crippen LogP contribution in [-0.2, 0) is 29.0 Å². The van der Waals surface area contributed by atoms with Crippen molar-refractivity contribution in [1.29, 1.82) is 0 Å². The number of rotatable bonds is 11. The van der Waals surface area contributed by atoms with Gasteiger partial charge >= 0.3 is 0 Å². The van der Waals surface area contributed by atoms with E-state index in [-0.39, 0.29) is 36.5 Å². The average molecular weight is 488 g/mol. The molecule has 0 aliphatic rings. The molecule has 0 fully saturated rings. The zero-order valence-corrected chi connectivity index (χ0v) is 21.0. The van der Waals surface area contributed by atoms with Gasteiger partial charge < -0.3 is 10.2 Å². The Morgan fingerprint density at radius 2 is 1.56 bits per heavy atom. The second-order valence-corrected chi connectivity index (χ2v) is 9.03. The number of aryl methyl sites for hydroxylation is 1. The van der Waals surface area contributed by atoms with E-state index in [1.165, 1.54) is 6.07 Å². The van der Waals surface area contributed by atoms with Crippen LogP contribution in [0.4, 0.5) is 5.69 Å². The predicted molar refractivity (Wildman–Crippen MR) is 140 cm³/mol. The molecule has 188 valence electrons. The van der Waals surface area contributed by atoms with Crippen LogP contribution < -0.4 is 5.32 Å². The molecule has 2 amide bonds. The van der Waals surface area contributed by atoms with E-state index >= 15 is 0 Å². The van der Waals surface area contributed by atoms with Crippen molar-refractivity contribution < 1.29 is 14.5 Å². The molecule has 3 rings (SSSR count). The summed E-state index contributed by atoms with van der Waals surface area (Å²) >= 11 is 0. The fourth-order valence-corrected chi connectivity index (χ4v) is 4.07. The van der Waals surface area contributed by atoms with Crippen LogP contribution in [0.5, 0.6) is 0 Å². The molecule has 2 atom stereocenters. The van der Waals surface area contributed by atoms with Gasteiger partial charge in [-0.05, 0) is 37.0 Å². The number of benzene rings is 3. The van der Waals surface area contributed by atoms with Crippen molar-refractivity contribution in [3.8, 4) is 0 Å². The van der Waals surface area contributed by atoms with E-state index in [1.807, 2.05) is 75.4 Å². The number of nitro groups is 1. The summed E-state index contributed by atoms with van der Waals surface area (Å²) in [6.45, 7) is 6.10. The first-order valence-corrected chi connectivity index (χ1v) is 12.2. The zero-order valence-electron chi connectivity index (χ0n) is 21.0. The van der Waals surface area contributed by atoms with E-state index in [0.29, 0.717) is 12.0 Å². The fourth-order valence-electron chi connectivity index (χ4n) is 4.07. The van der Waals surface area contributed by atoms with Gasteiger partial charge in [-0.3, -0.25) is 19.7 Å². The molecule has 7 heteroatoms. The van der Waals surface area contributed by atoms with Crippen LogP contribution in [0.3, 0.4) is 0 Å². The molecule has 1 N–H and O–H groups in total. The molecule has 0 spiro atoms. The van der Waals surface area contributed by atoms with Crippen LogP contribution in [-0.4, -0.2) is 33.7 Å². The minimum atomic E-state index is -0.781. The molecule has 0 radical (unpaired) electrons. The highest BCUT2D eigenvalue weighted by Gasteiger charge is 2.32. The molecule has 3 aromatic rings. The standard InChI is InChI=1S/C29H33N3O4/c1-4-22(3)30-29(34)27(18-23-13-6-5-7-14-23)31(20-25-16-9-8-12-21(25)2)28(33)19-24-15-10-11-17-26(24)32(35)36/h5-17,22,27H,4,18-20H2,1-3H3,(H,30,34)/t22-,27-/m0/s1. The summed E-state index contributed by atoms with van der Waals surface area (Å²) in [7, 11) is 0. The molecule has 36 heavy (non-hydrogen) atoms. The Kier molecular flexibility index (Phi) is 9.33. The lowest BCUT2D eigenvalue weighted by molar-refractivity contribution is -0.385. The van der Waals surface area contributed by atoms with Crippen molar-refractivity contribution in [2.24, 2.45) is 0 Å². The van der Waals surface area contributed by atoms with Gasteiger partial charge in [0.15, 0.2) is 0 Å². The monoisotopic (exact) mass is 487 g/mol. The quantitative estimate of drug-likeness (QED) is 0.304. The zero-order chi connectivity index (χ0) is 26.1. The summed E-state index contributed by atoms with van der Waals surface area (Å²) in [5.74, 6) is -0.578. The maximum absolute atomic E-state index is 13.8. The minimum Gasteiger partial charge on any atom is -0.352 e. The third-order valence-electron chi connectivity index (χ3n) is 6.40. The van der Waals surface area contributed by atoms with Crippen molar-refractivity contribution in [2.75, 3.05) is 0 Å². The first kappa shape index (κ1) is 26.6. The largest absolute Gasteiger partial charge is 0.352 e. The molecule has 0 aliphatic carbocycles. The normalized spacial score (nSPS) is 12.4. The summed E-state index contributed by atoms with van der Waals surface area (Å²) in [5.41, 5.74) is 3.06. The van der Waals surface area contributed by atoms with Crippen LogP contribution in [0.15, 0.2) is 78.9 Å². The maximum Gasteiger partial charge on any atom is 0.273 e. The highest BCUT2D eigenvalue weighted by atomic mass is 16.6. The van der Waals surface area contributed by atoms with Gasteiger partial charge in [0.05, 0.1) is 11.3 Å². The Bertz CT molecular complexity index is 1200. The molecule has 7 nitrogen and oxygen atoms in total. The summed E-state index contributed by atoms with van der Waals surface area (Å²) in [6, 6.07) is 22.7. The number of carbonyl (C=O) groups is 2. The Hall–Kier alpha value is -4.00. The summed E-state index contributed by atoms with van der Waals surface area (Å²) < 4.78 is 0. The number of nitro benzene ring substituents is 1. The Morgan fingerprint density at radius 1 is 0.944 bits per heavy atom. The Balaban J connectivity index is 2.03. The van der Waals surface area contributed by atoms with Crippen LogP contribution in [0, 0.1) is 17.0 Å². The second kappa shape index (κ2) is 12.6. The van der Waals surface area contributed by atoms with E-state index in [0.717, 1.165) is 23.1 Å². The molecule has 0 heterocycles. The van der Waals surface area contributed by atoms with Crippen LogP contribution in [0.2, 0.25) is 0 Å². The lowest BCUT2D eigenvalue weighted by Gasteiger charge is -2.32. The van der Waals surface area contributed by atoms with Crippen molar-refractivity contribution in [3.05, 3.63) is 111 Å². The summed E-state index contributed by atoms with van der Waals surface area (Å²) in [4.78, 5) is 40.0. The molecule has 0 unspecified atom stereocenters. The van der Waals surface area contributed by atoms with Crippen molar-refractivity contribution in [3.63, 3.8) is 0 Å². The Morgan fingerprint density at radius 3 is 2.19 bits per heavy atom. The van der Waals surface area contributed by atoms with E-state index in [1.54, 1.807) is 23.1 Å². The van der Waals surface area contributed by atoms with E-state index in [4.69, 9.17) is 0 Å². The lowest BCUT2D eigenvalue weighted by Crippen LogP contribution is -2.52. The van der Waals surface area contributed by atoms with Crippen molar-refractivity contribution in [2.45, 2.75) is 58.7 Å². The van der Waals surface area contributed by atoms with E-state index in [2.05, 4.69) is 5.32 Å². The number of hydrogen-bond donors (Lipinski definition) is 1. The number of hydrogen-bond acceptors (Lipinski definition) is 4. The van der Waals surface area contributed by atoms with Gasteiger partial charge in [-0.1, -0.05) is 79.7 Å². The number of para-hydroxylation sites is 1. The van der Waals surface area contributed by atoms with Crippen LogP contribution in [0.1, 0.15) is 42.5 Å². The van der Waals surface area contributed by atoms with Gasteiger partial charge in [-0.25, -0.2) is 0 Å². The molecule has 0 aromatic heterocycles. The van der Waals surface area contributed by atoms with E-state index in [9.17, 15) is 19.7 Å². The van der Waals surface area contributed by atoms with Gasteiger partial charge in [-0.2, -0.15) is 0 Å². The third kappa shape index (κ3) is 7.01.